The van der Waals surface area contributed by atoms with E-state index in [9.17, 15) is 14.4 Å². The zero-order chi connectivity index (χ0) is 18.5. The van der Waals surface area contributed by atoms with Crippen molar-refractivity contribution in [2.45, 2.75) is 57.9 Å². The van der Waals surface area contributed by atoms with Crippen LogP contribution in [0.3, 0.4) is 0 Å². The second-order valence-corrected chi connectivity index (χ2v) is 5.54. The summed E-state index contributed by atoms with van der Waals surface area (Å²) < 4.78 is 32.0. The zero-order valence-electron chi connectivity index (χ0n) is 14.7. The van der Waals surface area contributed by atoms with Gasteiger partial charge in [-0.15, -0.1) is 0 Å². The van der Waals surface area contributed by atoms with Crippen LogP contribution in [0.15, 0.2) is 0 Å². The summed E-state index contributed by atoms with van der Waals surface area (Å²) in [6, 6.07) is 0. The molecule has 0 spiro atoms. The average molecular weight is 348 g/mol. The molecule has 9 heteroatoms. The molecule has 0 N–H and O–H groups in total. The Balaban J connectivity index is 3.22. The van der Waals surface area contributed by atoms with Crippen molar-refractivity contribution in [3.63, 3.8) is 0 Å². The van der Waals surface area contributed by atoms with Gasteiger partial charge in [-0.3, -0.25) is 14.4 Å². The van der Waals surface area contributed by atoms with Gasteiger partial charge in [0, 0.05) is 35.0 Å². The van der Waals surface area contributed by atoms with Gasteiger partial charge in [-0.25, -0.2) is 0 Å². The predicted molar refractivity (Wildman–Crippen MR) is 78.8 cm³/mol. The van der Waals surface area contributed by atoms with Crippen molar-refractivity contribution >= 4 is 17.9 Å². The van der Waals surface area contributed by atoms with Crippen molar-refractivity contribution in [3.8, 4) is 0 Å². The minimum atomic E-state index is -1.24. The molecule has 0 aromatic heterocycles. The third kappa shape index (κ3) is 4.65. The molecule has 0 aromatic carbocycles. The third-order valence-corrected chi connectivity index (χ3v) is 3.70. The van der Waals surface area contributed by atoms with E-state index in [1.54, 1.807) is 6.92 Å². The van der Waals surface area contributed by atoms with E-state index in [-0.39, 0.29) is 6.61 Å². The molecule has 5 atom stereocenters. The van der Waals surface area contributed by atoms with E-state index in [0.29, 0.717) is 0 Å². The highest BCUT2D eigenvalue weighted by Crippen LogP contribution is 2.36. The molecule has 1 heterocycles. The van der Waals surface area contributed by atoms with E-state index in [1.165, 1.54) is 35.0 Å². The summed E-state index contributed by atoms with van der Waals surface area (Å²) in [5, 5.41) is 0. The van der Waals surface area contributed by atoms with Crippen LogP contribution in [0.5, 0.6) is 0 Å². The van der Waals surface area contributed by atoms with Gasteiger partial charge in [-0.1, -0.05) is 0 Å². The quantitative estimate of drug-likeness (QED) is 0.491. The smallest absolute Gasteiger partial charge is 0.303 e. The molecular weight excluding hydrogens is 324 g/mol. The fourth-order valence-corrected chi connectivity index (χ4v) is 2.55. The van der Waals surface area contributed by atoms with Crippen molar-refractivity contribution < 1.29 is 42.8 Å². The van der Waals surface area contributed by atoms with Crippen molar-refractivity contribution in [2.24, 2.45) is 0 Å². The maximum absolute atomic E-state index is 11.5. The minimum Gasteiger partial charge on any atom is -0.463 e. The molecule has 1 fully saturated rings. The fraction of sp³-hybridized carbons (Fsp3) is 0.800. The molecular formula is C15H24O9. The lowest BCUT2D eigenvalue weighted by Crippen LogP contribution is -2.68. The molecule has 1 aliphatic rings. The van der Waals surface area contributed by atoms with E-state index < -0.39 is 48.1 Å². The second-order valence-electron chi connectivity index (χ2n) is 5.54. The first-order valence-corrected chi connectivity index (χ1v) is 7.36. The molecule has 0 radical (unpaired) electrons. The van der Waals surface area contributed by atoms with Gasteiger partial charge in [0.15, 0.2) is 24.1 Å². The summed E-state index contributed by atoms with van der Waals surface area (Å²) in [7, 11) is 2.78. The van der Waals surface area contributed by atoms with Crippen molar-refractivity contribution in [1.29, 1.82) is 0 Å². The highest BCUT2D eigenvalue weighted by Gasteiger charge is 2.58. The van der Waals surface area contributed by atoms with Gasteiger partial charge in [0.1, 0.15) is 12.7 Å². The van der Waals surface area contributed by atoms with Gasteiger partial charge in [0.2, 0.25) is 0 Å². The molecule has 0 unspecified atom stereocenters. The Morgan fingerprint density at radius 2 is 1.58 bits per heavy atom. The number of carbonyl (C=O) groups is 3. The molecule has 0 aliphatic carbocycles. The molecule has 1 aliphatic heterocycles. The van der Waals surface area contributed by atoms with Gasteiger partial charge >= 0.3 is 17.9 Å². The summed E-state index contributed by atoms with van der Waals surface area (Å²) in [6.45, 7) is 5.07. The minimum absolute atomic E-state index is 0.204. The lowest BCUT2D eigenvalue weighted by molar-refractivity contribution is -0.338. The van der Waals surface area contributed by atoms with E-state index in [4.69, 9.17) is 28.4 Å². The highest BCUT2D eigenvalue weighted by atomic mass is 16.7. The summed E-state index contributed by atoms with van der Waals surface area (Å²) in [5.74, 6) is -1.73. The number of hydrogen-bond donors (Lipinski definition) is 0. The molecule has 0 bridgehead atoms. The Labute approximate surface area is 140 Å². The maximum Gasteiger partial charge on any atom is 0.303 e. The fourth-order valence-electron chi connectivity index (χ4n) is 2.55. The maximum atomic E-state index is 11.5. The van der Waals surface area contributed by atoms with Crippen LogP contribution in [-0.2, 0) is 42.8 Å². The monoisotopic (exact) mass is 348 g/mol. The van der Waals surface area contributed by atoms with Gasteiger partial charge in [-0.05, 0) is 6.92 Å². The van der Waals surface area contributed by atoms with Crippen LogP contribution in [0.4, 0.5) is 0 Å². The van der Waals surface area contributed by atoms with Crippen molar-refractivity contribution in [1.82, 2.24) is 0 Å². The summed E-state index contributed by atoms with van der Waals surface area (Å²) >= 11 is 0. The van der Waals surface area contributed by atoms with Gasteiger partial charge < -0.3 is 28.4 Å². The largest absolute Gasteiger partial charge is 0.463 e. The van der Waals surface area contributed by atoms with Gasteiger partial charge in [0.05, 0.1) is 0 Å². The lowest BCUT2D eigenvalue weighted by atomic mass is 9.87. The summed E-state index contributed by atoms with van der Waals surface area (Å²) in [5.41, 5.74) is -1.24. The number of hydrogen-bond acceptors (Lipinski definition) is 9. The van der Waals surface area contributed by atoms with Crippen LogP contribution in [0.25, 0.3) is 0 Å². The molecule has 1 saturated heterocycles. The predicted octanol–water partition coefficient (Wildman–Crippen LogP) is 0.189. The molecule has 24 heavy (non-hydrogen) atoms. The topological polar surface area (TPSA) is 107 Å². The van der Waals surface area contributed by atoms with E-state index >= 15 is 0 Å². The third-order valence-electron chi connectivity index (χ3n) is 3.70. The van der Waals surface area contributed by atoms with Crippen LogP contribution in [0, 0.1) is 0 Å². The van der Waals surface area contributed by atoms with E-state index in [0.717, 1.165) is 0 Å². The Morgan fingerprint density at radius 3 is 2.00 bits per heavy atom. The Bertz CT molecular complexity index is 478. The second kappa shape index (κ2) is 8.41. The Kier molecular flexibility index (Phi) is 7.12. The first kappa shape index (κ1) is 20.3. The number of methoxy groups -OCH3 is 2. The first-order chi connectivity index (χ1) is 11.2. The van der Waals surface area contributed by atoms with Crippen LogP contribution in [-0.4, -0.2) is 68.9 Å². The van der Waals surface area contributed by atoms with Crippen molar-refractivity contribution in [3.05, 3.63) is 0 Å². The molecule has 138 valence electrons. The lowest BCUT2D eigenvalue weighted by Gasteiger charge is -2.49. The molecule has 0 aromatic rings. The zero-order valence-corrected chi connectivity index (χ0v) is 14.7. The molecule has 0 amide bonds. The van der Waals surface area contributed by atoms with Crippen LogP contribution in [0.1, 0.15) is 27.7 Å². The molecule has 0 saturated carbocycles. The SMILES string of the molecule is CO[C@H]1O[C@H](COC(C)=O)[C@@H](OC(C)=O)[C@H](OC(C)=O)[C@@]1(C)OC. The summed E-state index contributed by atoms with van der Waals surface area (Å²) in [4.78, 5) is 34.1. The number of esters is 3. The van der Waals surface area contributed by atoms with E-state index in [1.807, 2.05) is 0 Å². The highest BCUT2D eigenvalue weighted by molar-refractivity contribution is 5.68. The van der Waals surface area contributed by atoms with E-state index in [2.05, 4.69) is 0 Å². The standard InChI is InChI=1S/C15H24O9/c1-8(16)21-7-11-12(22-9(2)17)13(23-10(3)18)15(4,20-6)14(19-5)24-11/h11-14H,7H2,1-6H3/t11-,12-,13+,14+,15-/m1/s1. The Morgan fingerprint density at radius 1 is 1.00 bits per heavy atom. The number of ether oxygens (including phenoxy) is 6. The normalized spacial score (nSPS) is 32.8. The average Bonchev–Trinajstić information content (AvgIpc) is 2.49. The number of rotatable bonds is 6. The van der Waals surface area contributed by atoms with Gasteiger partial charge in [-0.2, -0.15) is 0 Å². The Hall–Kier alpha value is -1.71. The van der Waals surface area contributed by atoms with Gasteiger partial charge in [0.25, 0.3) is 0 Å². The van der Waals surface area contributed by atoms with Crippen molar-refractivity contribution in [2.75, 3.05) is 20.8 Å². The van der Waals surface area contributed by atoms with Crippen LogP contribution >= 0.6 is 0 Å². The van der Waals surface area contributed by atoms with Crippen LogP contribution < -0.4 is 0 Å². The molecule has 9 nitrogen and oxygen atoms in total. The first-order valence-electron chi connectivity index (χ1n) is 7.36. The number of carbonyl (C=O) groups excluding carboxylic acids is 3. The van der Waals surface area contributed by atoms with Crippen LogP contribution in [0.2, 0.25) is 0 Å². The summed E-state index contributed by atoms with van der Waals surface area (Å²) in [6.07, 6.45) is -3.90. The molecule has 1 rings (SSSR count).